The molecule has 1 unspecified atom stereocenters. The largest absolute Gasteiger partial charge is 0.333 e. The SMILES string of the molecule is O=C(c1ccsc1)N1CCCSCC1CN1CCCCC1. The van der Waals surface area contributed by atoms with E-state index in [1.165, 1.54) is 38.1 Å². The lowest BCUT2D eigenvalue weighted by molar-refractivity contribution is 0.0646. The number of carbonyl (C=O) groups is 1. The fraction of sp³-hybridized carbons (Fsp3) is 0.688. The number of nitrogens with zero attached hydrogens (tertiary/aromatic N) is 2. The highest BCUT2D eigenvalue weighted by Crippen LogP contribution is 2.21. The molecule has 2 aliphatic rings. The average molecular weight is 325 g/mol. The van der Waals surface area contributed by atoms with Gasteiger partial charge in [-0.25, -0.2) is 0 Å². The molecule has 0 spiro atoms. The third kappa shape index (κ3) is 4.02. The highest BCUT2D eigenvalue weighted by atomic mass is 32.2. The quantitative estimate of drug-likeness (QED) is 0.853. The lowest BCUT2D eigenvalue weighted by atomic mass is 10.1. The van der Waals surface area contributed by atoms with Gasteiger partial charge in [0, 0.05) is 24.2 Å². The minimum atomic E-state index is 0.237. The second-order valence-corrected chi connectivity index (χ2v) is 7.88. The van der Waals surface area contributed by atoms with Crippen LogP contribution in [0.25, 0.3) is 0 Å². The zero-order valence-corrected chi connectivity index (χ0v) is 14.1. The third-order valence-corrected chi connectivity index (χ3v) is 6.27. The van der Waals surface area contributed by atoms with Gasteiger partial charge in [-0.15, -0.1) is 0 Å². The van der Waals surface area contributed by atoms with E-state index in [0.29, 0.717) is 6.04 Å². The van der Waals surface area contributed by atoms with E-state index in [4.69, 9.17) is 0 Å². The molecule has 3 rings (SSSR count). The topological polar surface area (TPSA) is 23.6 Å². The van der Waals surface area contributed by atoms with E-state index < -0.39 is 0 Å². The molecular weight excluding hydrogens is 300 g/mol. The van der Waals surface area contributed by atoms with Crippen molar-refractivity contribution in [1.29, 1.82) is 0 Å². The molecule has 5 heteroatoms. The van der Waals surface area contributed by atoms with Crippen molar-refractivity contribution in [2.45, 2.75) is 31.7 Å². The fourth-order valence-electron chi connectivity index (χ4n) is 3.24. The molecule has 0 radical (unpaired) electrons. The molecule has 2 aliphatic heterocycles. The molecule has 1 aromatic heterocycles. The van der Waals surface area contributed by atoms with Crippen LogP contribution in [0.2, 0.25) is 0 Å². The molecule has 2 fully saturated rings. The molecule has 1 aromatic rings. The first-order chi connectivity index (χ1) is 10.3. The lowest BCUT2D eigenvalue weighted by Crippen LogP contribution is -2.49. The van der Waals surface area contributed by atoms with E-state index in [1.54, 1.807) is 11.3 Å². The third-order valence-electron chi connectivity index (χ3n) is 4.39. The van der Waals surface area contributed by atoms with Gasteiger partial charge in [0.15, 0.2) is 0 Å². The van der Waals surface area contributed by atoms with Crippen LogP contribution in [0, 0.1) is 0 Å². The summed E-state index contributed by atoms with van der Waals surface area (Å²) in [5.41, 5.74) is 0.871. The smallest absolute Gasteiger partial charge is 0.255 e. The monoisotopic (exact) mass is 324 g/mol. The predicted molar refractivity (Wildman–Crippen MR) is 91.4 cm³/mol. The van der Waals surface area contributed by atoms with Crippen molar-refractivity contribution >= 4 is 29.0 Å². The molecule has 3 heterocycles. The zero-order valence-electron chi connectivity index (χ0n) is 12.5. The fourth-order valence-corrected chi connectivity index (χ4v) is 4.93. The second kappa shape index (κ2) is 7.65. The highest BCUT2D eigenvalue weighted by Gasteiger charge is 2.28. The van der Waals surface area contributed by atoms with Gasteiger partial charge in [0.25, 0.3) is 5.91 Å². The van der Waals surface area contributed by atoms with Crippen molar-refractivity contribution < 1.29 is 4.79 Å². The lowest BCUT2D eigenvalue weighted by Gasteiger charge is -2.35. The van der Waals surface area contributed by atoms with Crippen LogP contribution in [0.3, 0.4) is 0 Å². The van der Waals surface area contributed by atoms with Crippen LogP contribution in [0.5, 0.6) is 0 Å². The molecule has 116 valence electrons. The van der Waals surface area contributed by atoms with Gasteiger partial charge in [0.05, 0.1) is 11.6 Å². The Labute approximate surface area is 135 Å². The summed E-state index contributed by atoms with van der Waals surface area (Å²) >= 11 is 3.62. The number of hydrogen-bond acceptors (Lipinski definition) is 4. The number of likely N-dealkylation sites (tertiary alicyclic amines) is 1. The Hall–Kier alpha value is -0.520. The summed E-state index contributed by atoms with van der Waals surface area (Å²) in [6, 6.07) is 2.34. The zero-order chi connectivity index (χ0) is 14.5. The summed E-state index contributed by atoms with van der Waals surface area (Å²) in [4.78, 5) is 17.5. The van der Waals surface area contributed by atoms with Gasteiger partial charge in [0.1, 0.15) is 0 Å². The van der Waals surface area contributed by atoms with Crippen LogP contribution in [-0.4, -0.2) is 59.4 Å². The van der Waals surface area contributed by atoms with Crippen LogP contribution in [0.4, 0.5) is 0 Å². The Morgan fingerprint density at radius 1 is 1.19 bits per heavy atom. The maximum Gasteiger partial charge on any atom is 0.255 e. The van der Waals surface area contributed by atoms with Gasteiger partial charge in [-0.1, -0.05) is 6.42 Å². The standard InChI is InChI=1S/C16H24N2OS2/c19-16(14-5-10-21-12-14)18-8-4-9-20-13-15(18)11-17-6-2-1-3-7-17/h5,10,12,15H,1-4,6-9,11,13H2. The van der Waals surface area contributed by atoms with Crippen molar-refractivity contribution in [3.05, 3.63) is 22.4 Å². The summed E-state index contributed by atoms with van der Waals surface area (Å²) in [5, 5.41) is 3.98. The van der Waals surface area contributed by atoms with E-state index >= 15 is 0 Å². The first-order valence-corrected chi connectivity index (χ1v) is 10.1. The number of thioether (sulfide) groups is 1. The van der Waals surface area contributed by atoms with Gasteiger partial charge < -0.3 is 9.80 Å². The maximum absolute atomic E-state index is 12.8. The normalized spacial score (nSPS) is 24.8. The van der Waals surface area contributed by atoms with E-state index in [-0.39, 0.29) is 5.91 Å². The first kappa shape index (κ1) is 15.4. The van der Waals surface area contributed by atoms with Crippen LogP contribution >= 0.6 is 23.1 Å². The molecule has 21 heavy (non-hydrogen) atoms. The van der Waals surface area contributed by atoms with E-state index in [2.05, 4.69) is 9.80 Å². The van der Waals surface area contributed by atoms with E-state index in [9.17, 15) is 4.79 Å². The molecule has 1 atom stereocenters. The predicted octanol–water partition coefficient (Wildman–Crippen LogP) is 3.18. The minimum absolute atomic E-state index is 0.237. The molecule has 0 saturated carbocycles. The number of rotatable bonds is 3. The maximum atomic E-state index is 12.8. The molecule has 1 amide bonds. The Bertz CT molecular complexity index is 443. The molecule has 3 nitrogen and oxygen atoms in total. The Kier molecular flexibility index (Phi) is 5.61. The number of thiophene rings is 1. The van der Waals surface area contributed by atoms with Crippen LogP contribution in [0.1, 0.15) is 36.0 Å². The van der Waals surface area contributed by atoms with Crippen molar-refractivity contribution in [1.82, 2.24) is 9.80 Å². The average Bonchev–Trinajstić information content (AvgIpc) is 2.96. The summed E-state index contributed by atoms with van der Waals surface area (Å²) in [5.74, 6) is 2.51. The number of piperidine rings is 1. The molecule has 0 bridgehead atoms. The molecule has 0 aliphatic carbocycles. The van der Waals surface area contributed by atoms with Crippen molar-refractivity contribution in [2.24, 2.45) is 0 Å². The Morgan fingerprint density at radius 3 is 2.81 bits per heavy atom. The van der Waals surface area contributed by atoms with E-state index in [0.717, 1.165) is 30.8 Å². The number of carbonyl (C=O) groups excluding carboxylic acids is 1. The van der Waals surface area contributed by atoms with E-state index in [1.807, 2.05) is 28.6 Å². The van der Waals surface area contributed by atoms with Gasteiger partial charge in [-0.05, 0) is 49.6 Å². The second-order valence-electron chi connectivity index (χ2n) is 5.95. The van der Waals surface area contributed by atoms with Gasteiger partial charge in [-0.2, -0.15) is 23.1 Å². The van der Waals surface area contributed by atoms with Crippen LogP contribution in [-0.2, 0) is 0 Å². The van der Waals surface area contributed by atoms with Gasteiger partial charge >= 0.3 is 0 Å². The van der Waals surface area contributed by atoms with Gasteiger partial charge in [0.2, 0.25) is 0 Å². The first-order valence-electron chi connectivity index (χ1n) is 7.98. The van der Waals surface area contributed by atoms with Gasteiger partial charge in [-0.3, -0.25) is 4.79 Å². The summed E-state index contributed by atoms with van der Waals surface area (Å²) in [7, 11) is 0. The number of amides is 1. The number of hydrogen-bond donors (Lipinski definition) is 0. The molecule has 2 saturated heterocycles. The highest BCUT2D eigenvalue weighted by molar-refractivity contribution is 7.99. The summed E-state index contributed by atoms with van der Waals surface area (Å²) in [6.07, 6.45) is 5.13. The van der Waals surface area contributed by atoms with Crippen molar-refractivity contribution in [3.63, 3.8) is 0 Å². The summed E-state index contributed by atoms with van der Waals surface area (Å²) < 4.78 is 0. The molecular formula is C16H24N2OS2. The minimum Gasteiger partial charge on any atom is -0.333 e. The Balaban J connectivity index is 1.69. The van der Waals surface area contributed by atoms with Crippen molar-refractivity contribution in [3.8, 4) is 0 Å². The van der Waals surface area contributed by atoms with Crippen molar-refractivity contribution in [2.75, 3.05) is 37.7 Å². The molecule has 0 aromatic carbocycles. The van der Waals surface area contributed by atoms with Crippen LogP contribution in [0.15, 0.2) is 16.8 Å². The summed E-state index contributed by atoms with van der Waals surface area (Å²) in [6.45, 7) is 4.40. The molecule has 0 N–H and O–H groups in total. The van der Waals surface area contributed by atoms with Crippen LogP contribution < -0.4 is 0 Å². The Morgan fingerprint density at radius 2 is 2.05 bits per heavy atom.